The molecule has 92 valence electrons. The van der Waals surface area contributed by atoms with E-state index in [9.17, 15) is 9.59 Å². The van der Waals surface area contributed by atoms with Gasteiger partial charge in [-0.25, -0.2) is 9.59 Å². The third kappa shape index (κ3) is 3.92. The van der Waals surface area contributed by atoms with E-state index in [1.54, 1.807) is 20.8 Å². The van der Waals surface area contributed by atoms with Gasteiger partial charge in [-0.3, -0.25) is 0 Å². The summed E-state index contributed by atoms with van der Waals surface area (Å²) in [6.45, 7) is 5.50. The van der Waals surface area contributed by atoms with E-state index in [1.165, 1.54) is 7.11 Å². The van der Waals surface area contributed by atoms with Gasteiger partial charge in [-0.15, -0.1) is 0 Å². The highest BCUT2D eigenvalue weighted by molar-refractivity contribution is 6.14. The fraction of sp³-hybridized carbons (Fsp3) is 0.636. The van der Waals surface area contributed by atoms with Crippen LogP contribution in [0.1, 0.15) is 27.2 Å². The first kappa shape index (κ1) is 14.5. The summed E-state index contributed by atoms with van der Waals surface area (Å²) < 4.78 is 14.5. The first-order valence-electron chi connectivity index (χ1n) is 5.23. The van der Waals surface area contributed by atoms with Crippen LogP contribution in [-0.4, -0.2) is 32.3 Å². The van der Waals surface area contributed by atoms with E-state index in [0.717, 1.165) is 0 Å². The lowest BCUT2D eigenvalue weighted by Crippen LogP contribution is -2.21. The molecule has 0 heterocycles. The number of hydrogen-bond acceptors (Lipinski definition) is 5. The zero-order chi connectivity index (χ0) is 12.6. The highest BCUT2D eigenvalue weighted by Crippen LogP contribution is 2.13. The topological polar surface area (TPSA) is 61.8 Å². The van der Waals surface area contributed by atoms with Crippen LogP contribution >= 0.6 is 0 Å². The average Bonchev–Trinajstić information content (AvgIpc) is 2.25. The molecule has 0 atom stereocenters. The molecule has 0 rings (SSSR count). The van der Waals surface area contributed by atoms with Crippen molar-refractivity contribution in [2.24, 2.45) is 0 Å². The monoisotopic (exact) mass is 230 g/mol. The molecule has 5 nitrogen and oxygen atoms in total. The summed E-state index contributed by atoms with van der Waals surface area (Å²) >= 11 is 0. The first-order chi connectivity index (χ1) is 7.62. The number of rotatable bonds is 6. The van der Waals surface area contributed by atoms with Crippen molar-refractivity contribution < 1.29 is 23.8 Å². The van der Waals surface area contributed by atoms with Gasteiger partial charge in [-0.1, -0.05) is 6.92 Å². The summed E-state index contributed by atoms with van der Waals surface area (Å²) in [6, 6.07) is 0. The second-order valence-corrected chi connectivity index (χ2v) is 2.80. The molecule has 0 N–H and O–H groups in total. The lowest BCUT2D eigenvalue weighted by atomic mass is 10.2. The molecule has 0 amide bonds. The van der Waals surface area contributed by atoms with Crippen molar-refractivity contribution in [3.8, 4) is 0 Å². The molecule has 0 radical (unpaired) electrons. The number of allylic oxidation sites excluding steroid dienone is 1. The molecule has 0 aliphatic heterocycles. The van der Waals surface area contributed by atoms with Gasteiger partial charge >= 0.3 is 11.9 Å². The Morgan fingerprint density at radius 2 is 1.38 bits per heavy atom. The molecule has 0 spiro atoms. The summed E-state index contributed by atoms with van der Waals surface area (Å²) in [6.07, 6.45) is 0.420. The quantitative estimate of drug-likeness (QED) is 0.227. The minimum Gasteiger partial charge on any atom is -0.500 e. The smallest absolute Gasteiger partial charge is 0.349 e. The number of ether oxygens (including phenoxy) is 3. The van der Waals surface area contributed by atoms with E-state index in [2.05, 4.69) is 0 Å². The van der Waals surface area contributed by atoms with Crippen LogP contribution in [0.25, 0.3) is 0 Å². The molecule has 0 aromatic rings. The Kier molecular flexibility index (Phi) is 7.00. The van der Waals surface area contributed by atoms with Gasteiger partial charge in [0.15, 0.2) is 5.57 Å². The zero-order valence-corrected chi connectivity index (χ0v) is 10.2. The zero-order valence-electron chi connectivity index (χ0n) is 10.2. The molecule has 0 unspecified atom stereocenters. The van der Waals surface area contributed by atoms with Gasteiger partial charge in [0.25, 0.3) is 0 Å². The largest absolute Gasteiger partial charge is 0.500 e. The Morgan fingerprint density at radius 1 is 0.938 bits per heavy atom. The lowest BCUT2D eigenvalue weighted by Gasteiger charge is -2.10. The number of hydrogen-bond donors (Lipinski definition) is 0. The molecule has 0 saturated carbocycles. The van der Waals surface area contributed by atoms with Crippen molar-refractivity contribution in [1.82, 2.24) is 0 Å². The summed E-state index contributed by atoms with van der Waals surface area (Å²) in [5.41, 5.74) is -0.159. The number of esters is 2. The van der Waals surface area contributed by atoms with E-state index < -0.39 is 11.9 Å². The number of carbonyl (C=O) groups excluding carboxylic acids is 2. The fourth-order valence-corrected chi connectivity index (χ4v) is 1.14. The van der Waals surface area contributed by atoms with E-state index in [1.807, 2.05) is 0 Å². The van der Waals surface area contributed by atoms with Crippen LogP contribution in [0.2, 0.25) is 0 Å². The van der Waals surface area contributed by atoms with Gasteiger partial charge in [0.1, 0.15) is 5.76 Å². The maximum absolute atomic E-state index is 11.6. The molecule has 0 aliphatic rings. The van der Waals surface area contributed by atoms with E-state index in [-0.39, 0.29) is 24.5 Å². The van der Waals surface area contributed by atoms with E-state index >= 15 is 0 Å². The Labute approximate surface area is 95.4 Å². The molecule has 0 aromatic heterocycles. The van der Waals surface area contributed by atoms with Gasteiger partial charge in [-0.2, -0.15) is 0 Å². The van der Waals surface area contributed by atoms with Crippen molar-refractivity contribution in [3.05, 3.63) is 11.3 Å². The van der Waals surface area contributed by atoms with Crippen LogP contribution in [0.3, 0.4) is 0 Å². The van der Waals surface area contributed by atoms with Crippen molar-refractivity contribution in [2.45, 2.75) is 27.2 Å². The highest BCUT2D eigenvalue weighted by atomic mass is 16.6. The van der Waals surface area contributed by atoms with Crippen LogP contribution < -0.4 is 0 Å². The molecule has 0 aliphatic carbocycles. The highest BCUT2D eigenvalue weighted by Gasteiger charge is 2.25. The third-order valence-corrected chi connectivity index (χ3v) is 1.81. The summed E-state index contributed by atoms with van der Waals surface area (Å²) in [5, 5.41) is 0. The van der Waals surface area contributed by atoms with Gasteiger partial charge in [0, 0.05) is 6.42 Å². The summed E-state index contributed by atoms with van der Waals surface area (Å²) in [4.78, 5) is 23.1. The van der Waals surface area contributed by atoms with Crippen LogP contribution in [0.15, 0.2) is 11.3 Å². The van der Waals surface area contributed by atoms with E-state index in [0.29, 0.717) is 6.42 Å². The van der Waals surface area contributed by atoms with Gasteiger partial charge < -0.3 is 14.2 Å². The molecular weight excluding hydrogens is 212 g/mol. The minimum atomic E-state index is -0.709. The molecule has 5 heteroatoms. The van der Waals surface area contributed by atoms with Gasteiger partial charge in [0.05, 0.1) is 20.3 Å². The maximum Gasteiger partial charge on any atom is 0.349 e. The van der Waals surface area contributed by atoms with Gasteiger partial charge in [0.2, 0.25) is 0 Å². The Balaban J connectivity index is 5.11. The molecule has 0 fully saturated rings. The Bertz CT molecular complexity index is 254. The lowest BCUT2D eigenvalue weighted by molar-refractivity contribution is -0.147. The normalized spacial score (nSPS) is 9.25. The Hall–Kier alpha value is -1.52. The molecule has 0 saturated heterocycles. The van der Waals surface area contributed by atoms with Crippen LogP contribution in [0.4, 0.5) is 0 Å². The van der Waals surface area contributed by atoms with Gasteiger partial charge in [-0.05, 0) is 13.8 Å². The first-order valence-corrected chi connectivity index (χ1v) is 5.23. The second kappa shape index (κ2) is 7.73. The second-order valence-electron chi connectivity index (χ2n) is 2.80. The van der Waals surface area contributed by atoms with Crippen molar-refractivity contribution in [2.75, 3.05) is 20.3 Å². The summed E-state index contributed by atoms with van der Waals surface area (Å²) in [7, 11) is 1.40. The molecule has 16 heavy (non-hydrogen) atoms. The SMILES string of the molecule is CCOC(=O)C(C(=O)OCC)=C(CC)OC. The molecule has 0 aromatic carbocycles. The standard InChI is InChI=1S/C11H18O5/c1-5-8(14-4)9(10(12)15-6-2)11(13)16-7-3/h5-7H2,1-4H3. The van der Waals surface area contributed by atoms with Crippen LogP contribution in [-0.2, 0) is 23.8 Å². The van der Waals surface area contributed by atoms with Crippen LogP contribution in [0, 0.1) is 0 Å². The molecular formula is C11H18O5. The van der Waals surface area contributed by atoms with Crippen molar-refractivity contribution in [3.63, 3.8) is 0 Å². The minimum absolute atomic E-state index is 0.159. The van der Waals surface area contributed by atoms with Crippen molar-refractivity contribution in [1.29, 1.82) is 0 Å². The van der Waals surface area contributed by atoms with E-state index in [4.69, 9.17) is 14.2 Å². The number of methoxy groups -OCH3 is 1. The van der Waals surface area contributed by atoms with Crippen molar-refractivity contribution >= 4 is 11.9 Å². The molecule has 0 bridgehead atoms. The Morgan fingerprint density at radius 3 is 1.62 bits per heavy atom. The maximum atomic E-state index is 11.6. The fourth-order valence-electron chi connectivity index (χ4n) is 1.14. The van der Waals surface area contributed by atoms with Crippen LogP contribution in [0.5, 0.6) is 0 Å². The average molecular weight is 230 g/mol. The third-order valence-electron chi connectivity index (χ3n) is 1.81. The summed E-state index contributed by atoms with van der Waals surface area (Å²) in [5.74, 6) is -1.14. The number of carbonyl (C=O) groups is 2. The predicted molar refractivity (Wildman–Crippen MR) is 57.6 cm³/mol. The predicted octanol–water partition coefficient (Wildman–Crippen LogP) is 1.42.